The molecule has 2 atom stereocenters. The fourth-order valence-electron chi connectivity index (χ4n) is 3.24. The third-order valence-electron chi connectivity index (χ3n) is 4.79. The number of anilines is 1. The molecule has 30 heavy (non-hydrogen) atoms. The van der Waals surface area contributed by atoms with Crippen molar-refractivity contribution in [1.29, 1.82) is 0 Å². The number of aryl methyl sites for hydroxylation is 1. The van der Waals surface area contributed by atoms with E-state index in [0.717, 1.165) is 17.0 Å². The molecule has 0 heterocycles. The number of rotatable bonds is 6. The van der Waals surface area contributed by atoms with Crippen LogP contribution in [0.5, 0.6) is 5.75 Å². The van der Waals surface area contributed by atoms with Crippen molar-refractivity contribution in [2.24, 2.45) is 5.92 Å². The van der Waals surface area contributed by atoms with Crippen LogP contribution in [0, 0.1) is 12.8 Å². The average Bonchev–Trinajstić information content (AvgIpc) is 2.73. The second-order valence-electron chi connectivity index (χ2n) is 7.09. The van der Waals surface area contributed by atoms with E-state index in [1.165, 1.54) is 6.08 Å². The minimum Gasteiger partial charge on any atom is -0.507 e. The molecule has 0 saturated heterocycles. The number of ether oxygens (including phenoxy) is 1. The standard InChI is InChI=1S/C24H23NO5/c1-15-7-10-17(11-8-15)25-24(29)30-23(16(2)9-14-22(27)28)20-12-13-21(26)19-6-4-3-5-18(19)20/h3-14,16,23,26H,1-2H3,(H,25,29)(H,27,28)/b14-9+/t16-,23+/m1/s1. The molecule has 1 amide bonds. The van der Waals surface area contributed by atoms with E-state index in [1.54, 1.807) is 43.3 Å². The normalized spacial score (nSPS) is 13.1. The van der Waals surface area contributed by atoms with Gasteiger partial charge in [-0.3, -0.25) is 5.32 Å². The van der Waals surface area contributed by atoms with Gasteiger partial charge in [0.2, 0.25) is 0 Å². The molecular weight excluding hydrogens is 382 g/mol. The van der Waals surface area contributed by atoms with Gasteiger partial charge in [-0.25, -0.2) is 9.59 Å². The molecule has 0 aliphatic rings. The van der Waals surface area contributed by atoms with Crippen LogP contribution >= 0.6 is 0 Å². The van der Waals surface area contributed by atoms with Crippen LogP contribution in [0.4, 0.5) is 10.5 Å². The number of aromatic hydroxyl groups is 1. The second-order valence-corrected chi connectivity index (χ2v) is 7.09. The molecule has 0 unspecified atom stereocenters. The quantitative estimate of drug-likeness (QED) is 0.476. The Kier molecular flexibility index (Phi) is 6.37. The van der Waals surface area contributed by atoms with Crippen molar-refractivity contribution in [2.45, 2.75) is 20.0 Å². The Morgan fingerprint density at radius 1 is 1.00 bits per heavy atom. The summed E-state index contributed by atoms with van der Waals surface area (Å²) in [5, 5.41) is 23.2. The molecule has 0 bridgehead atoms. The third kappa shape index (κ3) is 4.97. The summed E-state index contributed by atoms with van der Waals surface area (Å²) in [5.41, 5.74) is 2.33. The largest absolute Gasteiger partial charge is 0.507 e. The molecule has 3 N–H and O–H groups in total. The van der Waals surface area contributed by atoms with Gasteiger partial charge in [-0.15, -0.1) is 0 Å². The van der Waals surface area contributed by atoms with Crippen LogP contribution in [0.25, 0.3) is 10.8 Å². The molecule has 0 spiro atoms. The van der Waals surface area contributed by atoms with Crippen LogP contribution in [0.2, 0.25) is 0 Å². The summed E-state index contributed by atoms with van der Waals surface area (Å²) in [4.78, 5) is 23.6. The van der Waals surface area contributed by atoms with E-state index in [4.69, 9.17) is 9.84 Å². The molecule has 0 radical (unpaired) electrons. The minimum absolute atomic E-state index is 0.117. The monoisotopic (exact) mass is 405 g/mol. The third-order valence-corrected chi connectivity index (χ3v) is 4.79. The Labute approximate surface area is 174 Å². The molecular formula is C24H23NO5. The van der Waals surface area contributed by atoms with Crippen LogP contribution < -0.4 is 5.32 Å². The van der Waals surface area contributed by atoms with Gasteiger partial charge in [-0.05, 0) is 30.5 Å². The minimum atomic E-state index is -1.08. The fourth-order valence-corrected chi connectivity index (χ4v) is 3.24. The van der Waals surface area contributed by atoms with Crippen molar-refractivity contribution in [3.05, 3.63) is 83.9 Å². The molecule has 0 saturated carbocycles. The van der Waals surface area contributed by atoms with Gasteiger partial charge in [0.05, 0.1) is 0 Å². The highest BCUT2D eigenvalue weighted by molar-refractivity contribution is 5.91. The number of fused-ring (bicyclic) bond motifs is 1. The number of carboxylic acid groups (broad SMARTS) is 1. The van der Waals surface area contributed by atoms with Crippen molar-refractivity contribution < 1.29 is 24.5 Å². The number of hydrogen-bond acceptors (Lipinski definition) is 4. The summed E-state index contributed by atoms with van der Waals surface area (Å²) >= 11 is 0. The smallest absolute Gasteiger partial charge is 0.412 e. The number of aliphatic carboxylic acids is 1. The predicted molar refractivity (Wildman–Crippen MR) is 116 cm³/mol. The Morgan fingerprint density at radius 2 is 1.67 bits per heavy atom. The van der Waals surface area contributed by atoms with Gasteiger partial charge in [0, 0.05) is 28.6 Å². The average molecular weight is 405 g/mol. The lowest BCUT2D eigenvalue weighted by atomic mass is 9.92. The SMILES string of the molecule is Cc1ccc(NC(=O)O[C@H](c2ccc(O)c3ccccc23)[C@H](C)/C=C/C(=O)O)cc1. The van der Waals surface area contributed by atoms with E-state index in [0.29, 0.717) is 16.6 Å². The number of carboxylic acids is 1. The fraction of sp³-hybridized carbons (Fsp3) is 0.167. The summed E-state index contributed by atoms with van der Waals surface area (Å²) < 4.78 is 5.74. The number of amides is 1. The van der Waals surface area contributed by atoms with Gasteiger partial charge in [0.25, 0.3) is 0 Å². The van der Waals surface area contributed by atoms with Crippen LogP contribution in [0.15, 0.2) is 72.8 Å². The van der Waals surface area contributed by atoms with E-state index in [2.05, 4.69) is 5.32 Å². The van der Waals surface area contributed by atoms with Gasteiger partial charge in [-0.1, -0.05) is 61.0 Å². The predicted octanol–water partition coefficient (Wildman–Crippen LogP) is 5.42. The highest BCUT2D eigenvalue weighted by Gasteiger charge is 2.25. The Hall–Kier alpha value is -3.80. The van der Waals surface area contributed by atoms with Gasteiger partial charge >= 0.3 is 12.1 Å². The second kappa shape index (κ2) is 9.13. The van der Waals surface area contributed by atoms with Crippen LogP contribution in [-0.2, 0) is 9.53 Å². The molecule has 0 aliphatic heterocycles. The zero-order chi connectivity index (χ0) is 21.7. The molecule has 0 aromatic heterocycles. The van der Waals surface area contributed by atoms with Crippen molar-refractivity contribution in [1.82, 2.24) is 0 Å². The Morgan fingerprint density at radius 3 is 2.33 bits per heavy atom. The molecule has 0 aliphatic carbocycles. The number of phenols is 1. The summed E-state index contributed by atoms with van der Waals surface area (Å²) in [5.74, 6) is -1.40. The van der Waals surface area contributed by atoms with Crippen molar-refractivity contribution >= 4 is 28.5 Å². The number of benzene rings is 3. The lowest BCUT2D eigenvalue weighted by Crippen LogP contribution is -2.21. The summed E-state index contributed by atoms with van der Waals surface area (Å²) in [6, 6.07) is 17.8. The number of nitrogens with one attached hydrogen (secondary N) is 1. The summed E-state index contributed by atoms with van der Waals surface area (Å²) in [6.45, 7) is 3.72. The Bertz CT molecular complexity index is 1090. The van der Waals surface area contributed by atoms with Crippen molar-refractivity contribution in [3.8, 4) is 5.75 Å². The highest BCUT2D eigenvalue weighted by atomic mass is 16.6. The number of phenolic OH excluding ortho intramolecular Hbond substituents is 1. The van der Waals surface area contributed by atoms with Gasteiger partial charge in [0.1, 0.15) is 11.9 Å². The van der Waals surface area contributed by atoms with Gasteiger partial charge in [0.15, 0.2) is 0 Å². The maximum atomic E-state index is 12.6. The lowest BCUT2D eigenvalue weighted by molar-refractivity contribution is -0.131. The van der Waals surface area contributed by atoms with E-state index in [-0.39, 0.29) is 5.75 Å². The first-order chi connectivity index (χ1) is 14.3. The number of carbonyl (C=O) groups is 2. The van der Waals surface area contributed by atoms with Crippen LogP contribution in [0.3, 0.4) is 0 Å². The van der Waals surface area contributed by atoms with Crippen molar-refractivity contribution in [2.75, 3.05) is 5.32 Å². The number of carbonyl (C=O) groups excluding carboxylic acids is 1. The molecule has 6 nitrogen and oxygen atoms in total. The molecule has 3 rings (SSSR count). The topological polar surface area (TPSA) is 95.9 Å². The van der Waals surface area contributed by atoms with E-state index >= 15 is 0 Å². The molecule has 0 fully saturated rings. The zero-order valence-electron chi connectivity index (χ0n) is 16.7. The summed E-state index contributed by atoms with van der Waals surface area (Å²) in [6.07, 6.45) is 1.09. The van der Waals surface area contributed by atoms with Crippen molar-refractivity contribution in [3.63, 3.8) is 0 Å². The zero-order valence-corrected chi connectivity index (χ0v) is 16.7. The first kappa shape index (κ1) is 20.9. The maximum Gasteiger partial charge on any atom is 0.412 e. The molecule has 6 heteroatoms. The van der Waals surface area contributed by atoms with Gasteiger partial charge in [-0.2, -0.15) is 0 Å². The first-order valence-corrected chi connectivity index (χ1v) is 9.51. The van der Waals surface area contributed by atoms with Gasteiger partial charge < -0.3 is 14.9 Å². The molecule has 3 aromatic carbocycles. The highest BCUT2D eigenvalue weighted by Crippen LogP contribution is 2.36. The maximum absolute atomic E-state index is 12.6. The van der Waals surface area contributed by atoms with E-state index < -0.39 is 24.1 Å². The summed E-state index contributed by atoms with van der Waals surface area (Å²) in [7, 11) is 0. The molecule has 154 valence electrons. The van der Waals surface area contributed by atoms with Crippen LogP contribution in [-0.4, -0.2) is 22.3 Å². The van der Waals surface area contributed by atoms with E-state index in [1.807, 2.05) is 31.2 Å². The first-order valence-electron chi connectivity index (χ1n) is 9.51. The molecule has 3 aromatic rings. The number of hydrogen-bond donors (Lipinski definition) is 3. The lowest BCUT2D eigenvalue weighted by Gasteiger charge is -2.24. The Balaban J connectivity index is 1.95. The van der Waals surface area contributed by atoms with E-state index in [9.17, 15) is 14.7 Å². The van der Waals surface area contributed by atoms with Crippen LogP contribution in [0.1, 0.15) is 24.2 Å².